The number of para-hydroxylation sites is 2. The van der Waals surface area contributed by atoms with E-state index in [0.29, 0.717) is 0 Å². The molecule has 6 rings (SSSR count). The predicted molar refractivity (Wildman–Crippen MR) is 150 cm³/mol. The van der Waals surface area contributed by atoms with Crippen LogP contribution in [0, 0.1) is 0 Å². The molecule has 0 N–H and O–H groups in total. The van der Waals surface area contributed by atoms with Crippen LogP contribution in [0.5, 0.6) is 0 Å². The zero-order valence-corrected chi connectivity index (χ0v) is 20.5. The number of rotatable bonds is 3. The first-order valence-electron chi connectivity index (χ1n) is 12.3. The largest absolute Gasteiger partial charge is 0.309 e. The van der Waals surface area contributed by atoms with Gasteiger partial charge in [-0.2, -0.15) is 0 Å². The molecule has 0 saturated carbocycles. The summed E-state index contributed by atoms with van der Waals surface area (Å²) in [5, 5.41) is 2.56. The molecule has 0 fully saturated rings. The summed E-state index contributed by atoms with van der Waals surface area (Å²) >= 11 is 0. The van der Waals surface area contributed by atoms with Gasteiger partial charge in [-0.05, 0) is 69.6 Å². The van der Waals surface area contributed by atoms with Crippen LogP contribution in [0.3, 0.4) is 0 Å². The minimum atomic E-state index is 0.0625. The van der Waals surface area contributed by atoms with Gasteiger partial charge in [0.2, 0.25) is 0 Å². The lowest BCUT2D eigenvalue weighted by Gasteiger charge is -2.22. The van der Waals surface area contributed by atoms with Gasteiger partial charge < -0.3 is 4.57 Å². The molecule has 1 aromatic heterocycles. The van der Waals surface area contributed by atoms with Crippen molar-refractivity contribution in [3.05, 3.63) is 127 Å². The van der Waals surface area contributed by atoms with E-state index in [1.807, 2.05) is 0 Å². The van der Waals surface area contributed by atoms with Crippen molar-refractivity contribution >= 4 is 21.8 Å². The molecule has 6 aromatic rings. The molecule has 0 spiro atoms. The van der Waals surface area contributed by atoms with Crippen LogP contribution in [0.4, 0.5) is 0 Å². The van der Waals surface area contributed by atoms with E-state index in [2.05, 4.69) is 147 Å². The normalized spacial score (nSPS) is 11.9. The molecular weight excluding hydrogens is 422 g/mol. The maximum absolute atomic E-state index is 2.37. The van der Waals surface area contributed by atoms with E-state index in [1.54, 1.807) is 0 Å². The first-order chi connectivity index (χ1) is 17.0. The average molecular weight is 452 g/mol. The van der Waals surface area contributed by atoms with Crippen molar-refractivity contribution in [3.63, 3.8) is 0 Å². The zero-order valence-electron chi connectivity index (χ0n) is 20.5. The maximum atomic E-state index is 2.37. The zero-order chi connectivity index (χ0) is 24.0. The third kappa shape index (κ3) is 3.84. The highest BCUT2D eigenvalue weighted by molar-refractivity contribution is 6.10. The van der Waals surface area contributed by atoms with Gasteiger partial charge in [-0.15, -0.1) is 0 Å². The minimum absolute atomic E-state index is 0.0625. The Kier molecular flexibility index (Phi) is 5.07. The van der Waals surface area contributed by atoms with E-state index < -0.39 is 0 Å². The Morgan fingerprint density at radius 3 is 1.77 bits per heavy atom. The van der Waals surface area contributed by atoms with Gasteiger partial charge in [0.1, 0.15) is 0 Å². The van der Waals surface area contributed by atoms with Crippen molar-refractivity contribution in [1.82, 2.24) is 4.57 Å². The van der Waals surface area contributed by atoms with Crippen LogP contribution in [0.1, 0.15) is 26.3 Å². The van der Waals surface area contributed by atoms with Crippen molar-refractivity contribution < 1.29 is 0 Å². The Hall–Kier alpha value is -4.10. The second-order valence-electron chi connectivity index (χ2n) is 10.3. The Bertz CT molecular complexity index is 1650. The van der Waals surface area contributed by atoms with Crippen molar-refractivity contribution in [1.29, 1.82) is 0 Å². The summed E-state index contributed by atoms with van der Waals surface area (Å²) in [7, 11) is 0. The summed E-state index contributed by atoms with van der Waals surface area (Å²) in [6.45, 7) is 6.87. The summed E-state index contributed by atoms with van der Waals surface area (Å²) in [6, 6.07) is 44.0. The molecule has 0 aliphatic heterocycles. The molecule has 0 unspecified atom stereocenters. The van der Waals surface area contributed by atoms with Crippen LogP contribution in [0.2, 0.25) is 0 Å². The van der Waals surface area contributed by atoms with Crippen LogP contribution >= 0.6 is 0 Å². The lowest BCUT2D eigenvalue weighted by molar-refractivity contribution is 0.590. The summed E-state index contributed by atoms with van der Waals surface area (Å²) in [6.07, 6.45) is 0. The highest BCUT2D eigenvalue weighted by atomic mass is 15.0. The fraction of sp³-hybridized carbons (Fsp3) is 0.118. The number of hydrogen-bond acceptors (Lipinski definition) is 0. The van der Waals surface area contributed by atoms with Gasteiger partial charge in [-0.25, -0.2) is 0 Å². The van der Waals surface area contributed by atoms with Crippen LogP contribution in [-0.4, -0.2) is 4.57 Å². The molecule has 0 aliphatic carbocycles. The van der Waals surface area contributed by atoms with Crippen LogP contribution in [0.25, 0.3) is 49.7 Å². The highest BCUT2D eigenvalue weighted by Gasteiger charge is 2.18. The molecule has 0 radical (unpaired) electrons. The Labute approximate surface area is 207 Å². The second kappa shape index (κ2) is 8.29. The molecule has 0 amide bonds. The van der Waals surface area contributed by atoms with E-state index in [9.17, 15) is 0 Å². The molecule has 35 heavy (non-hydrogen) atoms. The van der Waals surface area contributed by atoms with E-state index in [1.165, 1.54) is 55.3 Å². The second-order valence-corrected chi connectivity index (χ2v) is 10.3. The Balaban J connectivity index is 1.59. The number of benzene rings is 5. The van der Waals surface area contributed by atoms with Gasteiger partial charge in [-0.3, -0.25) is 0 Å². The monoisotopic (exact) mass is 451 g/mol. The molecule has 1 nitrogen and oxygen atoms in total. The molecule has 1 heterocycles. The molecule has 1 heteroatoms. The fourth-order valence-corrected chi connectivity index (χ4v) is 5.03. The van der Waals surface area contributed by atoms with Gasteiger partial charge in [0.05, 0.1) is 11.0 Å². The van der Waals surface area contributed by atoms with Crippen LogP contribution in [-0.2, 0) is 5.41 Å². The molecule has 5 aromatic carbocycles. The number of hydrogen-bond donors (Lipinski definition) is 0. The number of nitrogens with zero attached hydrogens (tertiary/aromatic N) is 1. The summed E-state index contributed by atoms with van der Waals surface area (Å²) in [5.74, 6) is 0. The summed E-state index contributed by atoms with van der Waals surface area (Å²) < 4.78 is 2.37. The fourth-order valence-electron chi connectivity index (χ4n) is 5.03. The Morgan fingerprint density at radius 2 is 1.06 bits per heavy atom. The summed E-state index contributed by atoms with van der Waals surface area (Å²) in [4.78, 5) is 0. The van der Waals surface area contributed by atoms with Crippen molar-refractivity contribution in [2.24, 2.45) is 0 Å². The third-order valence-electron chi connectivity index (χ3n) is 6.93. The van der Waals surface area contributed by atoms with Gasteiger partial charge in [0, 0.05) is 16.5 Å². The standard InChI is InChI=1S/C34H29N/c1-34(2,3)28-21-26(24-12-6-4-7-13-24)20-27(22-28)25-18-19-33-31(23-25)30-16-10-11-17-32(30)35(33)29-14-8-5-9-15-29/h4-23H,1-3H3. The topological polar surface area (TPSA) is 4.93 Å². The van der Waals surface area contributed by atoms with Gasteiger partial charge in [0.25, 0.3) is 0 Å². The molecular formula is C34H29N. The average Bonchev–Trinajstić information content (AvgIpc) is 3.23. The minimum Gasteiger partial charge on any atom is -0.309 e. The van der Waals surface area contributed by atoms with Gasteiger partial charge in [-0.1, -0.05) is 106 Å². The predicted octanol–water partition coefficient (Wildman–Crippen LogP) is 9.42. The lowest BCUT2D eigenvalue weighted by atomic mass is 9.83. The smallest absolute Gasteiger partial charge is 0.0541 e. The number of aromatic nitrogens is 1. The SMILES string of the molecule is CC(C)(C)c1cc(-c2ccccc2)cc(-c2ccc3c(c2)c2ccccc2n3-c2ccccc2)c1. The lowest BCUT2D eigenvalue weighted by Crippen LogP contribution is -2.11. The van der Waals surface area contributed by atoms with E-state index >= 15 is 0 Å². The highest BCUT2D eigenvalue weighted by Crippen LogP contribution is 2.37. The van der Waals surface area contributed by atoms with Crippen molar-refractivity contribution in [3.8, 4) is 27.9 Å². The van der Waals surface area contributed by atoms with E-state index in [-0.39, 0.29) is 5.41 Å². The molecule has 0 saturated heterocycles. The quantitative estimate of drug-likeness (QED) is 0.252. The van der Waals surface area contributed by atoms with Crippen LogP contribution in [0.15, 0.2) is 121 Å². The molecule has 170 valence electrons. The van der Waals surface area contributed by atoms with E-state index in [0.717, 1.165) is 0 Å². The summed E-state index contributed by atoms with van der Waals surface area (Å²) in [5.41, 5.74) is 10.1. The van der Waals surface area contributed by atoms with Gasteiger partial charge >= 0.3 is 0 Å². The molecule has 0 aliphatic rings. The molecule has 0 bridgehead atoms. The van der Waals surface area contributed by atoms with Crippen molar-refractivity contribution in [2.75, 3.05) is 0 Å². The molecule has 0 atom stereocenters. The maximum Gasteiger partial charge on any atom is 0.0541 e. The van der Waals surface area contributed by atoms with E-state index in [4.69, 9.17) is 0 Å². The number of fused-ring (bicyclic) bond motifs is 3. The van der Waals surface area contributed by atoms with Gasteiger partial charge in [0.15, 0.2) is 0 Å². The van der Waals surface area contributed by atoms with Crippen LogP contribution < -0.4 is 0 Å². The van der Waals surface area contributed by atoms with Crippen molar-refractivity contribution in [2.45, 2.75) is 26.2 Å². The Morgan fingerprint density at radius 1 is 0.457 bits per heavy atom. The first kappa shape index (κ1) is 21.4. The third-order valence-corrected chi connectivity index (χ3v) is 6.93. The first-order valence-corrected chi connectivity index (χ1v) is 12.3.